The van der Waals surface area contributed by atoms with Crippen LogP contribution in [0.25, 0.3) is 10.9 Å². The Labute approximate surface area is 190 Å². The molecule has 1 heterocycles. The molecule has 1 amide bonds. The lowest BCUT2D eigenvalue weighted by atomic mass is 10.2. The van der Waals surface area contributed by atoms with Crippen LogP contribution in [0.2, 0.25) is 5.02 Å². The van der Waals surface area contributed by atoms with Gasteiger partial charge in [-0.1, -0.05) is 23.4 Å². The minimum absolute atomic E-state index is 0.179. The van der Waals surface area contributed by atoms with Crippen molar-refractivity contribution < 1.29 is 9.53 Å². The molecule has 1 N–H and O–H groups in total. The quantitative estimate of drug-likeness (QED) is 0.406. The van der Waals surface area contributed by atoms with E-state index in [0.29, 0.717) is 39.9 Å². The number of rotatable bonds is 8. The molecule has 9 heteroatoms. The molecule has 0 aliphatic heterocycles. The normalized spacial score (nSPS) is 12.0. The number of ether oxygens (including phenoxy) is 1. The van der Waals surface area contributed by atoms with Crippen LogP contribution in [0, 0.1) is 0 Å². The molecule has 0 aliphatic carbocycles. The van der Waals surface area contributed by atoms with Crippen molar-refractivity contribution in [1.29, 1.82) is 0 Å². The fourth-order valence-corrected chi connectivity index (χ4v) is 4.04. The molecule has 1 atom stereocenters. The maximum absolute atomic E-state index is 13.0. The van der Waals surface area contributed by atoms with Crippen LogP contribution in [0.15, 0.2) is 52.4 Å². The van der Waals surface area contributed by atoms with Crippen LogP contribution in [0.4, 0.5) is 11.4 Å². The molecule has 164 valence electrons. The lowest BCUT2D eigenvalue weighted by Gasteiger charge is -2.17. The number of thioether (sulfide) groups is 1. The molecule has 0 saturated heterocycles. The molecule has 0 fully saturated rings. The molecule has 1 aromatic heterocycles. The summed E-state index contributed by atoms with van der Waals surface area (Å²) in [4.78, 5) is 32.4. The van der Waals surface area contributed by atoms with Gasteiger partial charge in [-0.15, -0.1) is 0 Å². The van der Waals surface area contributed by atoms with Gasteiger partial charge >= 0.3 is 0 Å². The molecule has 0 radical (unpaired) electrons. The Bertz CT molecular complexity index is 1130. The van der Waals surface area contributed by atoms with E-state index in [9.17, 15) is 9.59 Å². The van der Waals surface area contributed by atoms with Crippen molar-refractivity contribution in [2.75, 3.05) is 38.0 Å². The van der Waals surface area contributed by atoms with Crippen LogP contribution in [0.1, 0.15) is 6.92 Å². The number of carbonyl (C=O) groups excluding carboxylic acids is 1. The number of methoxy groups -OCH3 is 1. The van der Waals surface area contributed by atoms with Crippen LogP contribution in [-0.4, -0.2) is 48.5 Å². The summed E-state index contributed by atoms with van der Waals surface area (Å²) < 4.78 is 6.69. The number of nitrogens with zero attached hydrogens (tertiary/aromatic N) is 3. The standard InChI is InChI=1S/C22H25ClN4O3S/c1-14(20(28)24-16-6-8-17(9-7-16)26(2)3)31-22-25-19-13-15(23)5-10-18(19)21(29)27(22)11-12-30-4/h5-10,13-14H,11-12H2,1-4H3,(H,24,28)/t14-/m1/s1. The number of nitrogens with one attached hydrogen (secondary N) is 1. The SMILES string of the molecule is COCCn1c(S[C@H](C)C(=O)Nc2ccc(N(C)C)cc2)nc2cc(Cl)ccc2c1=O. The summed E-state index contributed by atoms with van der Waals surface area (Å²) in [6.45, 7) is 2.47. The largest absolute Gasteiger partial charge is 0.383 e. The average Bonchev–Trinajstić information content (AvgIpc) is 2.73. The predicted molar refractivity (Wildman–Crippen MR) is 128 cm³/mol. The molecule has 3 aromatic rings. The zero-order valence-corrected chi connectivity index (χ0v) is 19.5. The topological polar surface area (TPSA) is 76.5 Å². The second-order valence-electron chi connectivity index (χ2n) is 7.20. The molecule has 2 aromatic carbocycles. The summed E-state index contributed by atoms with van der Waals surface area (Å²) >= 11 is 7.30. The maximum Gasteiger partial charge on any atom is 0.262 e. The Hall–Kier alpha value is -2.55. The first kappa shape index (κ1) is 23.1. The minimum atomic E-state index is -0.481. The summed E-state index contributed by atoms with van der Waals surface area (Å²) in [5, 5.41) is 3.85. The molecule has 0 unspecified atom stereocenters. The summed E-state index contributed by atoms with van der Waals surface area (Å²) in [5.41, 5.74) is 2.06. The van der Waals surface area contributed by atoms with Gasteiger partial charge in [0.1, 0.15) is 0 Å². The monoisotopic (exact) mass is 460 g/mol. The molecule has 0 spiro atoms. The summed E-state index contributed by atoms with van der Waals surface area (Å²) in [7, 11) is 5.49. The minimum Gasteiger partial charge on any atom is -0.383 e. The van der Waals surface area contributed by atoms with Gasteiger partial charge in [-0.2, -0.15) is 0 Å². The highest BCUT2D eigenvalue weighted by Gasteiger charge is 2.20. The fraction of sp³-hybridized carbons (Fsp3) is 0.318. The number of hydrogen-bond donors (Lipinski definition) is 1. The van der Waals surface area contributed by atoms with Gasteiger partial charge < -0.3 is 15.0 Å². The number of carbonyl (C=O) groups is 1. The Balaban J connectivity index is 1.84. The van der Waals surface area contributed by atoms with Crippen LogP contribution in [0.3, 0.4) is 0 Å². The smallest absolute Gasteiger partial charge is 0.262 e. The van der Waals surface area contributed by atoms with Gasteiger partial charge in [-0.05, 0) is 49.4 Å². The fourth-order valence-electron chi connectivity index (χ4n) is 2.94. The van der Waals surface area contributed by atoms with Gasteiger partial charge in [0.2, 0.25) is 5.91 Å². The molecule has 0 saturated carbocycles. The van der Waals surface area contributed by atoms with E-state index in [1.54, 1.807) is 36.8 Å². The van der Waals surface area contributed by atoms with E-state index < -0.39 is 5.25 Å². The second-order valence-corrected chi connectivity index (χ2v) is 8.94. The van der Waals surface area contributed by atoms with Crippen molar-refractivity contribution in [1.82, 2.24) is 9.55 Å². The Morgan fingerprint density at radius 1 is 1.26 bits per heavy atom. The second kappa shape index (κ2) is 10.2. The number of aromatic nitrogens is 2. The highest BCUT2D eigenvalue weighted by Crippen LogP contribution is 2.25. The first-order valence-corrected chi connectivity index (χ1v) is 11.0. The van der Waals surface area contributed by atoms with Gasteiger partial charge in [-0.3, -0.25) is 14.2 Å². The third-order valence-corrected chi connectivity index (χ3v) is 6.03. The van der Waals surface area contributed by atoms with Crippen molar-refractivity contribution in [2.45, 2.75) is 23.9 Å². The molecular formula is C22H25ClN4O3S. The molecular weight excluding hydrogens is 436 g/mol. The van der Waals surface area contributed by atoms with E-state index in [1.807, 2.05) is 43.3 Å². The highest BCUT2D eigenvalue weighted by molar-refractivity contribution is 8.00. The van der Waals surface area contributed by atoms with E-state index in [1.165, 1.54) is 11.8 Å². The van der Waals surface area contributed by atoms with Crippen molar-refractivity contribution >= 4 is 51.5 Å². The number of halogens is 1. The van der Waals surface area contributed by atoms with E-state index in [2.05, 4.69) is 10.3 Å². The van der Waals surface area contributed by atoms with E-state index >= 15 is 0 Å². The van der Waals surface area contributed by atoms with Gasteiger partial charge in [0.05, 0.1) is 29.3 Å². The molecule has 7 nitrogen and oxygen atoms in total. The molecule has 0 bridgehead atoms. The number of benzene rings is 2. The summed E-state index contributed by atoms with van der Waals surface area (Å²) in [6, 6.07) is 12.6. The number of anilines is 2. The van der Waals surface area contributed by atoms with Crippen LogP contribution >= 0.6 is 23.4 Å². The van der Waals surface area contributed by atoms with Gasteiger partial charge in [0, 0.05) is 37.6 Å². The summed E-state index contributed by atoms with van der Waals surface area (Å²) in [5.74, 6) is -0.179. The summed E-state index contributed by atoms with van der Waals surface area (Å²) in [6.07, 6.45) is 0. The lowest BCUT2D eigenvalue weighted by Crippen LogP contribution is -2.28. The van der Waals surface area contributed by atoms with Crippen molar-refractivity contribution in [2.24, 2.45) is 0 Å². The average molecular weight is 461 g/mol. The van der Waals surface area contributed by atoms with Crippen molar-refractivity contribution in [3.63, 3.8) is 0 Å². The zero-order chi connectivity index (χ0) is 22.5. The molecule has 0 aliphatic rings. The molecule has 3 rings (SSSR count). The molecule has 31 heavy (non-hydrogen) atoms. The maximum atomic E-state index is 13.0. The van der Waals surface area contributed by atoms with E-state index in [4.69, 9.17) is 16.3 Å². The highest BCUT2D eigenvalue weighted by atomic mass is 35.5. The first-order valence-electron chi connectivity index (χ1n) is 9.74. The zero-order valence-electron chi connectivity index (χ0n) is 17.9. The third-order valence-electron chi connectivity index (χ3n) is 4.70. The number of fused-ring (bicyclic) bond motifs is 1. The van der Waals surface area contributed by atoms with E-state index in [0.717, 1.165) is 5.69 Å². The Kier molecular flexibility index (Phi) is 7.59. The predicted octanol–water partition coefficient (Wildman–Crippen LogP) is 3.88. The van der Waals surface area contributed by atoms with Crippen LogP contribution in [0.5, 0.6) is 0 Å². The van der Waals surface area contributed by atoms with Gasteiger partial charge in [0.15, 0.2) is 5.16 Å². The first-order chi connectivity index (χ1) is 14.8. The van der Waals surface area contributed by atoms with Crippen molar-refractivity contribution in [3.8, 4) is 0 Å². The van der Waals surface area contributed by atoms with Crippen molar-refractivity contribution in [3.05, 3.63) is 57.8 Å². The number of amides is 1. The van der Waals surface area contributed by atoms with Gasteiger partial charge in [0.25, 0.3) is 5.56 Å². The van der Waals surface area contributed by atoms with Crippen LogP contribution in [-0.2, 0) is 16.1 Å². The lowest BCUT2D eigenvalue weighted by molar-refractivity contribution is -0.115. The van der Waals surface area contributed by atoms with Gasteiger partial charge in [-0.25, -0.2) is 4.98 Å². The van der Waals surface area contributed by atoms with Crippen LogP contribution < -0.4 is 15.8 Å². The van der Waals surface area contributed by atoms with E-state index in [-0.39, 0.29) is 11.5 Å². The number of hydrogen-bond acceptors (Lipinski definition) is 6. The Morgan fingerprint density at radius 2 is 1.97 bits per heavy atom. The third kappa shape index (κ3) is 5.58. The Morgan fingerprint density at radius 3 is 2.61 bits per heavy atom.